The highest BCUT2D eigenvalue weighted by atomic mass is 16.6. The van der Waals surface area contributed by atoms with E-state index in [4.69, 9.17) is 20.4 Å². The summed E-state index contributed by atoms with van der Waals surface area (Å²) in [6.07, 6.45) is -7.84. The van der Waals surface area contributed by atoms with E-state index in [0.29, 0.717) is 0 Å². The van der Waals surface area contributed by atoms with E-state index in [1.165, 1.54) is 0 Å². The molecule has 0 rings (SSSR count). The number of hydrogen-bond acceptors (Lipinski definition) is 11. The standard InChI is InChI=1S/C13H16O13/c1-5(14)11(21)26-9(18)4-13(24,12(22)23)3-8(17)25-7(16)2-6(15)10(19)20/h5-6,14-15,24H,2-4H2,1H3,(H,19,20)(H,22,23). The summed E-state index contributed by atoms with van der Waals surface area (Å²) in [6.45, 7) is 0.952. The lowest BCUT2D eigenvalue weighted by molar-refractivity contribution is -0.179. The fourth-order valence-electron chi connectivity index (χ4n) is 1.37. The summed E-state index contributed by atoms with van der Waals surface area (Å²) < 4.78 is 8.07. The molecule has 0 amide bonds. The zero-order chi connectivity index (χ0) is 20.7. The maximum atomic E-state index is 11.5. The Bertz CT molecular complexity index is 607. The lowest BCUT2D eigenvalue weighted by Crippen LogP contribution is -2.44. The number of rotatable bonds is 9. The number of ether oxygens (including phenoxy) is 2. The van der Waals surface area contributed by atoms with Gasteiger partial charge in [0.05, 0.1) is 19.3 Å². The second kappa shape index (κ2) is 9.55. The predicted molar refractivity (Wildman–Crippen MR) is 74.0 cm³/mol. The first-order valence-corrected chi connectivity index (χ1v) is 6.81. The molecule has 0 fully saturated rings. The van der Waals surface area contributed by atoms with Gasteiger partial charge in [-0.15, -0.1) is 0 Å². The second-order valence-corrected chi connectivity index (χ2v) is 5.06. The summed E-state index contributed by atoms with van der Waals surface area (Å²) in [5.74, 6) is -10.0. The summed E-state index contributed by atoms with van der Waals surface area (Å²) in [5, 5.41) is 44.9. The fourth-order valence-corrected chi connectivity index (χ4v) is 1.37. The maximum absolute atomic E-state index is 11.5. The van der Waals surface area contributed by atoms with Gasteiger partial charge in [-0.25, -0.2) is 14.4 Å². The Morgan fingerprint density at radius 1 is 0.885 bits per heavy atom. The van der Waals surface area contributed by atoms with Crippen molar-refractivity contribution in [2.45, 2.75) is 44.0 Å². The Labute approximate surface area is 144 Å². The van der Waals surface area contributed by atoms with Crippen LogP contribution in [0, 0.1) is 0 Å². The molecule has 0 aliphatic rings. The molecule has 3 atom stereocenters. The van der Waals surface area contributed by atoms with E-state index >= 15 is 0 Å². The topological polar surface area (TPSA) is 222 Å². The van der Waals surface area contributed by atoms with E-state index in [-0.39, 0.29) is 0 Å². The Kier molecular flexibility index (Phi) is 8.48. The molecule has 0 heterocycles. The van der Waals surface area contributed by atoms with Crippen LogP contribution < -0.4 is 0 Å². The van der Waals surface area contributed by atoms with Gasteiger partial charge in [-0.1, -0.05) is 0 Å². The summed E-state index contributed by atoms with van der Waals surface area (Å²) in [6, 6.07) is 0. The minimum absolute atomic E-state index is 0.952. The number of esters is 4. The summed E-state index contributed by atoms with van der Waals surface area (Å²) in [7, 11) is 0. The molecule has 0 bridgehead atoms. The van der Waals surface area contributed by atoms with Crippen LogP contribution in [0.25, 0.3) is 0 Å². The average molecular weight is 380 g/mol. The molecular formula is C13H16O13. The van der Waals surface area contributed by atoms with Crippen LogP contribution in [0.5, 0.6) is 0 Å². The molecule has 0 aliphatic carbocycles. The van der Waals surface area contributed by atoms with Crippen molar-refractivity contribution in [1.82, 2.24) is 0 Å². The fraction of sp³-hybridized carbons (Fsp3) is 0.538. The van der Waals surface area contributed by atoms with Gasteiger partial charge < -0.3 is 35.0 Å². The monoisotopic (exact) mass is 380 g/mol. The molecule has 0 saturated carbocycles. The van der Waals surface area contributed by atoms with Crippen molar-refractivity contribution < 1.29 is 63.8 Å². The number of carbonyl (C=O) groups is 6. The number of aliphatic hydroxyl groups is 3. The van der Waals surface area contributed by atoms with E-state index < -0.39 is 72.9 Å². The number of aliphatic carboxylic acids is 2. The van der Waals surface area contributed by atoms with Crippen LogP contribution in [0.2, 0.25) is 0 Å². The van der Waals surface area contributed by atoms with Crippen molar-refractivity contribution in [1.29, 1.82) is 0 Å². The van der Waals surface area contributed by atoms with Crippen molar-refractivity contribution in [2.75, 3.05) is 0 Å². The van der Waals surface area contributed by atoms with Gasteiger partial charge in [-0.3, -0.25) is 14.4 Å². The number of hydrogen-bond donors (Lipinski definition) is 5. The average Bonchev–Trinajstić information content (AvgIpc) is 2.45. The van der Waals surface area contributed by atoms with Gasteiger partial charge in [0, 0.05) is 0 Å². The third-order valence-corrected chi connectivity index (χ3v) is 2.70. The summed E-state index contributed by atoms with van der Waals surface area (Å²) >= 11 is 0. The lowest BCUT2D eigenvalue weighted by Gasteiger charge is -2.21. The normalized spacial score (nSPS) is 15.1. The second-order valence-electron chi connectivity index (χ2n) is 5.06. The first-order valence-electron chi connectivity index (χ1n) is 6.81. The molecule has 13 heteroatoms. The van der Waals surface area contributed by atoms with Crippen LogP contribution in [0.1, 0.15) is 26.2 Å². The quantitative estimate of drug-likeness (QED) is 0.198. The number of carbonyl (C=O) groups excluding carboxylic acids is 4. The van der Waals surface area contributed by atoms with Crippen molar-refractivity contribution in [3.05, 3.63) is 0 Å². The van der Waals surface area contributed by atoms with Gasteiger partial charge >= 0.3 is 35.8 Å². The van der Waals surface area contributed by atoms with E-state index in [1.54, 1.807) is 0 Å². The molecule has 5 N–H and O–H groups in total. The largest absolute Gasteiger partial charge is 0.479 e. The Morgan fingerprint density at radius 2 is 1.35 bits per heavy atom. The third kappa shape index (κ3) is 7.78. The van der Waals surface area contributed by atoms with Crippen molar-refractivity contribution in [3.63, 3.8) is 0 Å². The summed E-state index contributed by atoms with van der Waals surface area (Å²) in [4.78, 5) is 66.5. The third-order valence-electron chi connectivity index (χ3n) is 2.70. The highest BCUT2D eigenvalue weighted by Crippen LogP contribution is 2.18. The molecule has 0 aromatic heterocycles. The van der Waals surface area contributed by atoms with Gasteiger partial charge in [0.2, 0.25) is 0 Å². The van der Waals surface area contributed by atoms with Crippen LogP contribution in [0.15, 0.2) is 0 Å². The molecule has 26 heavy (non-hydrogen) atoms. The van der Waals surface area contributed by atoms with Crippen molar-refractivity contribution in [2.24, 2.45) is 0 Å². The molecule has 0 radical (unpaired) electrons. The molecule has 0 spiro atoms. The van der Waals surface area contributed by atoms with Crippen LogP contribution in [-0.4, -0.2) is 79.2 Å². The molecule has 0 aromatic carbocycles. The molecule has 0 aromatic rings. The zero-order valence-electron chi connectivity index (χ0n) is 13.3. The molecule has 146 valence electrons. The maximum Gasteiger partial charge on any atom is 0.342 e. The van der Waals surface area contributed by atoms with E-state index in [2.05, 4.69) is 9.47 Å². The molecule has 3 unspecified atom stereocenters. The predicted octanol–water partition coefficient (Wildman–Crippen LogP) is -3.06. The number of carboxylic acids is 2. The highest BCUT2D eigenvalue weighted by Gasteiger charge is 2.43. The SMILES string of the molecule is CC(O)C(=O)OC(=O)CC(O)(CC(=O)OC(=O)CC(O)C(=O)O)C(=O)O. The van der Waals surface area contributed by atoms with Gasteiger partial charge in [0.1, 0.15) is 6.10 Å². The first-order chi connectivity index (χ1) is 11.8. The molecule has 0 aliphatic heterocycles. The van der Waals surface area contributed by atoms with Crippen LogP contribution in [0.4, 0.5) is 0 Å². The minimum atomic E-state index is -3.11. The smallest absolute Gasteiger partial charge is 0.342 e. The van der Waals surface area contributed by atoms with E-state index in [1.807, 2.05) is 0 Å². The Hall–Kier alpha value is -2.90. The molecule has 0 saturated heterocycles. The lowest BCUT2D eigenvalue weighted by atomic mass is 9.96. The minimum Gasteiger partial charge on any atom is -0.479 e. The van der Waals surface area contributed by atoms with Crippen molar-refractivity contribution >= 4 is 35.8 Å². The van der Waals surface area contributed by atoms with E-state index in [9.17, 15) is 33.9 Å². The van der Waals surface area contributed by atoms with E-state index in [0.717, 1.165) is 6.92 Å². The van der Waals surface area contributed by atoms with Gasteiger partial charge in [0.15, 0.2) is 11.7 Å². The van der Waals surface area contributed by atoms with Gasteiger partial charge in [-0.05, 0) is 6.92 Å². The highest BCUT2D eigenvalue weighted by molar-refractivity contribution is 5.95. The zero-order valence-corrected chi connectivity index (χ0v) is 13.3. The van der Waals surface area contributed by atoms with Crippen LogP contribution in [-0.2, 0) is 38.2 Å². The number of carboxylic acid groups (broad SMARTS) is 2. The molecule has 13 nitrogen and oxygen atoms in total. The summed E-state index contributed by atoms with van der Waals surface area (Å²) in [5.41, 5.74) is -3.11. The number of aliphatic hydroxyl groups excluding tert-OH is 2. The van der Waals surface area contributed by atoms with Crippen LogP contribution >= 0.6 is 0 Å². The van der Waals surface area contributed by atoms with Gasteiger partial charge in [0.25, 0.3) is 0 Å². The molecular weight excluding hydrogens is 364 g/mol. The first kappa shape index (κ1) is 23.1. The Morgan fingerprint density at radius 3 is 1.73 bits per heavy atom. The van der Waals surface area contributed by atoms with Crippen LogP contribution in [0.3, 0.4) is 0 Å². The Balaban J connectivity index is 4.88. The van der Waals surface area contributed by atoms with Crippen molar-refractivity contribution in [3.8, 4) is 0 Å². The van der Waals surface area contributed by atoms with Gasteiger partial charge in [-0.2, -0.15) is 0 Å².